The number of ether oxygens (including phenoxy) is 1. The van der Waals surface area contributed by atoms with Gasteiger partial charge in [0.1, 0.15) is 12.0 Å². The maximum atomic E-state index is 13.8. The molecule has 0 aliphatic rings. The predicted molar refractivity (Wildman–Crippen MR) is 77.2 cm³/mol. The first-order valence-electron chi connectivity index (χ1n) is 6.35. The van der Waals surface area contributed by atoms with Gasteiger partial charge in [-0.15, -0.1) is 0 Å². The molecule has 0 bridgehead atoms. The fraction of sp³-hybridized carbons (Fsp3) is 0.0625. The van der Waals surface area contributed by atoms with Gasteiger partial charge in [0, 0.05) is 17.3 Å². The summed E-state index contributed by atoms with van der Waals surface area (Å²) in [5, 5.41) is 0. The quantitative estimate of drug-likeness (QED) is 0.738. The van der Waals surface area contributed by atoms with Gasteiger partial charge in [-0.1, -0.05) is 18.2 Å². The number of nitrogens with zero attached hydrogens (tertiary/aromatic N) is 3. The van der Waals surface area contributed by atoms with Gasteiger partial charge in [-0.2, -0.15) is 0 Å². The highest BCUT2D eigenvalue weighted by atomic mass is 19.1. The van der Waals surface area contributed by atoms with Gasteiger partial charge >= 0.3 is 0 Å². The zero-order valence-corrected chi connectivity index (χ0v) is 11.3. The van der Waals surface area contributed by atoms with Crippen molar-refractivity contribution in [1.82, 2.24) is 15.0 Å². The van der Waals surface area contributed by atoms with Gasteiger partial charge in [0.05, 0.1) is 13.3 Å². The number of halogens is 1. The third-order valence-electron chi connectivity index (χ3n) is 3.08. The van der Waals surface area contributed by atoms with E-state index in [-0.39, 0.29) is 5.69 Å². The summed E-state index contributed by atoms with van der Waals surface area (Å²) in [6, 6.07) is 11.2. The molecule has 104 valence electrons. The molecule has 2 heterocycles. The molecule has 1 aromatic carbocycles. The minimum Gasteiger partial charge on any atom is -0.481 e. The lowest BCUT2D eigenvalue weighted by atomic mass is 10.0. The standard InChI is InChI=1S/C16H12FN3O/c1-21-16-13(6-3-7-19-16)11-4-2-5-12(8-11)15-14(17)9-18-10-20-15/h2-10H,1H3. The Balaban J connectivity index is 2.11. The molecule has 0 aliphatic heterocycles. The van der Waals surface area contributed by atoms with Crippen LogP contribution in [0.15, 0.2) is 55.1 Å². The molecule has 5 heteroatoms. The maximum Gasteiger partial charge on any atom is 0.221 e. The molecule has 0 unspecified atom stereocenters. The number of hydrogen-bond donors (Lipinski definition) is 0. The number of benzene rings is 1. The molecule has 4 nitrogen and oxygen atoms in total. The smallest absolute Gasteiger partial charge is 0.221 e. The second-order valence-electron chi connectivity index (χ2n) is 4.36. The molecule has 0 saturated carbocycles. The lowest BCUT2D eigenvalue weighted by Crippen LogP contribution is -1.93. The monoisotopic (exact) mass is 281 g/mol. The molecular weight excluding hydrogens is 269 g/mol. The van der Waals surface area contributed by atoms with Gasteiger partial charge in [-0.05, 0) is 23.8 Å². The van der Waals surface area contributed by atoms with Crippen LogP contribution in [0.25, 0.3) is 22.4 Å². The first-order valence-corrected chi connectivity index (χ1v) is 6.35. The van der Waals surface area contributed by atoms with Crippen LogP contribution in [0.5, 0.6) is 5.88 Å². The molecule has 0 N–H and O–H groups in total. The molecule has 2 aromatic heterocycles. The Labute approximate surface area is 121 Å². The molecule has 0 atom stereocenters. The minimum absolute atomic E-state index is 0.273. The molecule has 0 radical (unpaired) electrons. The Bertz CT molecular complexity index is 777. The lowest BCUT2D eigenvalue weighted by Gasteiger charge is -2.09. The third kappa shape index (κ3) is 2.58. The van der Waals surface area contributed by atoms with Crippen molar-refractivity contribution in [2.24, 2.45) is 0 Å². The van der Waals surface area contributed by atoms with Crippen molar-refractivity contribution in [3.8, 4) is 28.3 Å². The van der Waals surface area contributed by atoms with Crippen LogP contribution >= 0.6 is 0 Å². The van der Waals surface area contributed by atoms with Crippen molar-refractivity contribution in [3.63, 3.8) is 0 Å². The summed E-state index contributed by atoms with van der Waals surface area (Å²) in [5.74, 6) is 0.0746. The van der Waals surface area contributed by atoms with Crippen LogP contribution in [-0.2, 0) is 0 Å². The van der Waals surface area contributed by atoms with Crippen molar-refractivity contribution in [2.45, 2.75) is 0 Å². The first kappa shape index (κ1) is 13.2. The molecule has 3 aromatic rings. The highest BCUT2D eigenvalue weighted by Crippen LogP contribution is 2.30. The average molecular weight is 281 g/mol. The molecule has 0 saturated heterocycles. The normalized spacial score (nSPS) is 10.4. The maximum absolute atomic E-state index is 13.8. The van der Waals surface area contributed by atoms with Crippen molar-refractivity contribution >= 4 is 0 Å². The molecule has 0 fully saturated rings. The SMILES string of the molecule is COc1ncccc1-c1cccc(-c2ncncc2F)c1. The highest BCUT2D eigenvalue weighted by molar-refractivity contribution is 5.74. The summed E-state index contributed by atoms with van der Waals surface area (Å²) >= 11 is 0. The van der Waals surface area contributed by atoms with Gasteiger partial charge in [0.15, 0.2) is 5.82 Å². The molecule has 3 rings (SSSR count). The molecular formula is C16H12FN3O. The van der Waals surface area contributed by atoms with E-state index in [1.807, 2.05) is 30.3 Å². The van der Waals surface area contributed by atoms with Crippen LogP contribution in [-0.4, -0.2) is 22.1 Å². The van der Waals surface area contributed by atoms with Gasteiger partial charge in [0.25, 0.3) is 0 Å². The first-order chi connectivity index (χ1) is 10.3. The van der Waals surface area contributed by atoms with E-state index >= 15 is 0 Å². The molecule has 0 aliphatic carbocycles. The second kappa shape index (κ2) is 5.66. The van der Waals surface area contributed by atoms with Crippen LogP contribution in [0, 0.1) is 5.82 Å². The minimum atomic E-state index is -0.451. The Hall–Kier alpha value is -2.82. The van der Waals surface area contributed by atoms with Crippen molar-refractivity contribution < 1.29 is 9.13 Å². The summed E-state index contributed by atoms with van der Waals surface area (Å²) in [4.78, 5) is 11.8. The van der Waals surface area contributed by atoms with E-state index in [2.05, 4.69) is 15.0 Å². The summed E-state index contributed by atoms with van der Waals surface area (Å²) in [7, 11) is 1.57. The van der Waals surface area contributed by atoms with E-state index in [1.165, 1.54) is 6.33 Å². The Morgan fingerprint density at radius 1 is 1.05 bits per heavy atom. The number of pyridine rings is 1. The fourth-order valence-electron chi connectivity index (χ4n) is 2.13. The number of aromatic nitrogens is 3. The average Bonchev–Trinajstić information content (AvgIpc) is 2.55. The fourth-order valence-corrected chi connectivity index (χ4v) is 2.13. The zero-order valence-electron chi connectivity index (χ0n) is 11.3. The van der Waals surface area contributed by atoms with Crippen molar-refractivity contribution in [3.05, 3.63) is 60.9 Å². The zero-order chi connectivity index (χ0) is 14.7. The number of methoxy groups -OCH3 is 1. The van der Waals surface area contributed by atoms with Crippen LogP contribution in [0.1, 0.15) is 0 Å². The summed E-state index contributed by atoms with van der Waals surface area (Å²) < 4.78 is 19.1. The number of rotatable bonds is 3. The Kier molecular flexibility index (Phi) is 3.55. The second-order valence-corrected chi connectivity index (χ2v) is 4.36. The number of hydrogen-bond acceptors (Lipinski definition) is 4. The largest absolute Gasteiger partial charge is 0.481 e. The Morgan fingerprint density at radius 3 is 2.71 bits per heavy atom. The Morgan fingerprint density at radius 2 is 1.90 bits per heavy atom. The molecule has 0 amide bonds. The van der Waals surface area contributed by atoms with E-state index in [0.29, 0.717) is 11.4 Å². The van der Waals surface area contributed by atoms with Crippen LogP contribution < -0.4 is 4.74 Å². The summed E-state index contributed by atoms with van der Waals surface area (Å²) in [6.07, 6.45) is 4.14. The lowest BCUT2D eigenvalue weighted by molar-refractivity contribution is 0.399. The van der Waals surface area contributed by atoms with Crippen LogP contribution in [0.3, 0.4) is 0 Å². The van der Waals surface area contributed by atoms with E-state index < -0.39 is 5.82 Å². The van der Waals surface area contributed by atoms with Gasteiger partial charge in [-0.3, -0.25) is 0 Å². The summed E-state index contributed by atoms with van der Waals surface area (Å²) in [5.41, 5.74) is 2.68. The van der Waals surface area contributed by atoms with E-state index in [4.69, 9.17) is 4.74 Å². The molecule has 0 spiro atoms. The van der Waals surface area contributed by atoms with Crippen LogP contribution in [0.2, 0.25) is 0 Å². The van der Waals surface area contributed by atoms with E-state index in [9.17, 15) is 4.39 Å². The topological polar surface area (TPSA) is 47.9 Å². The third-order valence-corrected chi connectivity index (χ3v) is 3.08. The van der Waals surface area contributed by atoms with E-state index in [1.54, 1.807) is 19.4 Å². The van der Waals surface area contributed by atoms with E-state index in [0.717, 1.165) is 17.3 Å². The van der Waals surface area contributed by atoms with Gasteiger partial charge in [-0.25, -0.2) is 19.3 Å². The highest BCUT2D eigenvalue weighted by Gasteiger charge is 2.10. The van der Waals surface area contributed by atoms with Gasteiger partial charge < -0.3 is 4.74 Å². The predicted octanol–water partition coefficient (Wildman–Crippen LogP) is 3.35. The van der Waals surface area contributed by atoms with Crippen molar-refractivity contribution in [2.75, 3.05) is 7.11 Å². The van der Waals surface area contributed by atoms with Crippen LogP contribution in [0.4, 0.5) is 4.39 Å². The summed E-state index contributed by atoms with van der Waals surface area (Å²) in [6.45, 7) is 0. The molecule has 21 heavy (non-hydrogen) atoms. The van der Waals surface area contributed by atoms with Crippen molar-refractivity contribution in [1.29, 1.82) is 0 Å². The van der Waals surface area contributed by atoms with Gasteiger partial charge in [0.2, 0.25) is 5.88 Å².